The second-order valence-corrected chi connectivity index (χ2v) is 5.67. The van der Waals surface area contributed by atoms with Gasteiger partial charge in [0.25, 0.3) is 0 Å². The second kappa shape index (κ2) is 6.02. The molecule has 0 aromatic rings. The third kappa shape index (κ3) is 2.78. The zero-order chi connectivity index (χ0) is 11.4. The van der Waals surface area contributed by atoms with E-state index in [1.807, 2.05) is 0 Å². The molecule has 2 rings (SSSR count). The van der Waals surface area contributed by atoms with Crippen LogP contribution in [0.5, 0.6) is 0 Å². The molecule has 0 amide bonds. The first-order chi connectivity index (χ1) is 7.83. The maximum absolute atomic E-state index is 3.51. The quantitative estimate of drug-likeness (QED) is 0.772. The Morgan fingerprint density at radius 1 is 1.06 bits per heavy atom. The highest BCUT2D eigenvalue weighted by atomic mass is 15.2. The zero-order valence-corrected chi connectivity index (χ0v) is 11.0. The van der Waals surface area contributed by atoms with E-state index in [4.69, 9.17) is 0 Å². The average Bonchev–Trinajstić information content (AvgIpc) is 2.29. The van der Waals surface area contributed by atoms with Gasteiger partial charge in [0.05, 0.1) is 0 Å². The SMILES string of the molecule is CCNCC1CCC1N(C)C1CCCCC1. The van der Waals surface area contributed by atoms with Gasteiger partial charge in [0.2, 0.25) is 0 Å². The number of rotatable bonds is 5. The lowest BCUT2D eigenvalue weighted by Crippen LogP contribution is -2.52. The maximum Gasteiger partial charge on any atom is 0.0136 e. The fourth-order valence-electron chi connectivity index (χ4n) is 3.41. The van der Waals surface area contributed by atoms with E-state index in [-0.39, 0.29) is 0 Å². The first kappa shape index (κ1) is 12.4. The van der Waals surface area contributed by atoms with Crippen molar-refractivity contribution in [2.75, 3.05) is 20.1 Å². The summed E-state index contributed by atoms with van der Waals surface area (Å²) in [5.74, 6) is 0.923. The molecule has 2 aliphatic carbocycles. The summed E-state index contributed by atoms with van der Waals surface area (Å²) >= 11 is 0. The Labute approximate surface area is 101 Å². The molecule has 2 atom stereocenters. The molecule has 0 spiro atoms. The fourth-order valence-corrected chi connectivity index (χ4v) is 3.41. The van der Waals surface area contributed by atoms with Crippen molar-refractivity contribution in [3.63, 3.8) is 0 Å². The van der Waals surface area contributed by atoms with E-state index in [1.54, 1.807) is 0 Å². The Morgan fingerprint density at radius 2 is 1.81 bits per heavy atom. The number of hydrogen-bond donors (Lipinski definition) is 1. The van der Waals surface area contributed by atoms with Crippen LogP contribution in [0.15, 0.2) is 0 Å². The number of nitrogens with one attached hydrogen (secondary N) is 1. The summed E-state index contributed by atoms with van der Waals surface area (Å²) in [7, 11) is 2.37. The molecule has 0 saturated heterocycles. The third-order valence-electron chi connectivity index (χ3n) is 4.71. The summed E-state index contributed by atoms with van der Waals surface area (Å²) in [6, 6.07) is 1.77. The Hall–Kier alpha value is -0.0800. The molecular weight excluding hydrogens is 196 g/mol. The van der Waals surface area contributed by atoms with E-state index in [0.29, 0.717) is 0 Å². The van der Waals surface area contributed by atoms with Crippen molar-refractivity contribution in [3.8, 4) is 0 Å². The molecule has 94 valence electrons. The molecule has 2 unspecified atom stereocenters. The van der Waals surface area contributed by atoms with Crippen molar-refractivity contribution in [2.24, 2.45) is 5.92 Å². The molecule has 0 bridgehead atoms. The van der Waals surface area contributed by atoms with Gasteiger partial charge in [0, 0.05) is 12.1 Å². The minimum absolute atomic E-state index is 0.877. The highest BCUT2D eigenvalue weighted by molar-refractivity contribution is 4.91. The van der Waals surface area contributed by atoms with Crippen molar-refractivity contribution in [2.45, 2.75) is 64.0 Å². The fraction of sp³-hybridized carbons (Fsp3) is 1.00. The smallest absolute Gasteiger partial charge is 0.0136 e. The first-order valence-electron chi connectivity index (χ1n) is 7.25. The van der Waals surface area contributed by atoms with E-state index in [1.165, 1.54) is 51.5 Å². The molecule has 0 aromatic heterocycles. The molecule has 0 heterocycles. The molecule has 2 nitrogen and oxygen atoms in total. The normalized spacial score (nSPS) is 31.7. The van der Waals surface area contributed by atoms with Crippen LogP contribution in [0.25, 0.3) is 0 Å². The van der Waals surface area contributed by atoms with Crippen LogP contribution in [-0.4, -0.2) is 37.1 Å². The zero-order valence-electron chi connectivity index (χ0n) is 11.0. The van der Waals surface area contributed by atoms with Gasteiger partial charge in [-0.25, -0.2) is 0 Å². The minimum atomic E-state index is 0.877. The molecule has 1 N–H and O–H groups in total. The van der Waals surface area contributed by atoms with Crippen molar-refractivity contribution >= 4 is 0 Å². The van der Waals surface area contributed by atoms with Gasteiger partial charge in [0.1, 0.15) is 0 Å². The van der Waals surface area contributed by atoms with Crippen LogP contribution in [-0.2, 0) is 0 Å². The highest BCUT2D eigenvalue weighted by Gasteiger charge is 2.36. The summed E-state index contributed by atoms with van der Waals surface area (Å²) in [4.78, 5) is 2.71. The predicted molar refractivity (Wildman–Crippen MR) is 69.7 cm³/mol. The van der Waals surface area contributed by atoms with Gasteiger partial charge in [-0.1, -0.05) is 26.2 Å². The third-order valence-corrected chi connectivity index (χ3v) is 4.71. The maximum atomic E-state index is 3.51. The molecular formula is C14H28N2. The monoisotopic (exact) mass is 224 g/mol. The highest BCUT2D eigenvalue weighted by Crippen LogP contribution is 2.34. The van der Waals surface area contributed by atoms with Gasteiger partial charge < -0.3 is 10.2 Å². The van der Waals surface area contributed by atoms with Gasteiger partial charge in [-0.3, -0.25) is 0 Å². The second-order valence-electron chi connectivity index (χ2n) is 5.67. The Bertz CT molecular complexity index is 199. The van der Waals surface area contributed by atoms with E-state index < -0.39 is 0 Å². The number of hydrogen-bond acceptors (Lipinski definition) is 2. The summed E-state index contributed by atoms with van der Waals surface area (Å²) in [6.07, 6.45) is 10.1. The molecule has 2 fully saturated rings. The summed E-state index contributed by atoms with van der Waals surface area (Å²) in [6.45, 7) is 4.56. The van der Waals surface area contributed by atoms with Crippen LogP contribution < -0.4 is 5.32 Å². The lowest BCUT2D eigenvalue weighted by molar-refractivity contribution is 0.0365. The largest absolute Gasteiger partial charge is 0.317 e. The standard InChI is InChI=1S/C14H28N2/c1-3-15-11-12-9-10-14(12)16(2)13-7-5-4-6-8-13/h12-15H,3-11H2,1-2H3. The van der Waals surface area contributed by atoms with Gasteiger partial charge in [-0.15, -0.1) is 0 Å². The van der Waals surface area contributed by atoms with Crippen LogP contribution >= 0.6 is 0 Å². The molecule has 0 aromatic carbocycles. The molecule has 0 radical (unpaired) electrons. The number of nitrogens with zero attached hydrogens (tertiary/aromatic N) is 1. The summed E-state index contributed by atoms with van der Waals surface area (Å²) in [5.41, 5.74) is 0. The average molecular weight is 224 g/mol. The first-order valence-corrected chi connectivity index (χ1v) is 7.25. The van der Waals surface area contributed by atoms with Crippen molar-refractivity contribution in [1.29, 1.82) is 0 Å². The summed E-state index contributed by atoms with van der Waals surface area (Å²) in [5, 5.41) is 3.51. The topological polar surface area (TPSA) is 15.3 Å². The van der Waals surface area contributed by atoms with Crippen LogP contribution in [0.2, 0.25) is 0 Å². The van der Waals surface area contributed by atoms with Gasteiger partial charge >= 0.3 is 0 Å². The molecule has 0 aliphatic heterocycles. The Morgan fingerprint density at radius 3 is 2.38 bits per heavy atom. The van der Waals surface area contributed by atoms with E-state index in [2.05, 4.69) is 24.2 Å². The van der Waals surface area contributed by atoms with Crippen molar-refractivity contribution in [3.05, 3.63) is 0 Å². The minimum Gasteiger partial charge on any atom is -0.317 e. The van der Waals surface area contributed by atoms with Crippen LogP contribution in [0.3, 0.4) is 0 Å². The lowest BCUT2D eigenvalue weighted by Gasteiger charge is -2.47. The predicted octanol–water partition coefficient (Wildman–Crippen LogP) is 2.64. The molecule has 2 saturated carbocycles. The molecule has 2 aliphatic rings. The van der Waals surface area contributed by atoms with Gasteiger partial charge in [-0.05, 0) is 51.7 Å². The van der Waals surface area contributed by atoms with Crippen LogP contribution in [0.1, 0.15) is 51.9 Å². The lowest BCUT2D eigenvalue weighted by atomic mass is 9.77. The van der Waals surface area contributed by atoms with E-state index >= 15 is 0 Å². The van der Waals surface area contributed by atoms with E-state index in [9.17, 15) is 0 Å². The van der Waals surface area contributed by atoms with Crippen LogP contribution in [0, 0.1) is 5.92 Å². The molecule has 16 heavy (non-hydrogen) atoms. The summed E-state index contributed by atoms with van der Waals surface area (Å²) < 4.78 is 0. The van der Waals surface area contributed by atoms with Crippen molar-refractivity contribution in [1.82, 2.24) is 10.2 Å². The van der Waals surface area contributed by atoms with Crippen LogP contribution in [0.4, 0.5) is 0 Å². The Balaban J connectivity index is 1.77. The molecule has 2 heteroatoms. The van der Waals surface area contributed by atoms with Gasteiger partial charge in [0.15, 0.2) is 0 Å². The van der Waals surface area contributed by atoms with Crippen molar-refractivity contribution < 1.29 is 0 Å². The Kier molecular flexibility index (Phi) is 4.66. The van der Waals surface area contributed by atoms with E-state index in [0.717, 1.165) is 24.5 Å². The van der Waals surface area contributed by atoms with Gasteiger partial charge in [-0.2, -0.15) is 0 Å².